The highest BCUT2D eigenvalue weighted by atomic mass is 32.2. The Bertz CT molecular complexity index is 394. The highest BCUT2D eigenvalue weighted by Crippen LogP contribution is 2.26. The van der Waals surface area contributed by atoms with Crippen molar-refractivity contribution < 1.29 is 9.59 Å². The fourth-order valence-corrected chi connectivity index (χ4v) is 2.14. The Morgan fingerprint density at radius 1 is 1.20 bits per heavy atom. The van der Waals surface area contributed by atoms with Gasteiger partial charge >= 0.3 is 6.03 Å². The van der Waals surface area contributed by atoms with Gasteiger partial charge in [-0.3, -0.25) is 4.79 Å². The van der Waals surface area contributed by atoms with E-state index in [1.807, 2.05) is 30.3 Å². The number of urea groups is 1. The molecule has 1 aliphatic heterocycles. The van der Waals surface area contributed by atoms with Crippen molar-refractivity contribution in [3.05, 3.63) is 30.3 Å². The normalized spacial score (nSPS) is 16.3. The molecule has 0 atom stereocenters. The summed E-state index contributed by atoms with van der Waals surface area (Å²) in [6.45, 7) is 0.165. The first-order chi connectivity index (χ1) is 7.18. The largest absolute Gasteiger partial charge is 0.337 e. The molecule has 78 valence electrons. The lowest BCUT2D eigenvalue weighted by molar-refractivity contribution is -0.121. The highest BCUT2D eigenvalue weighted by Gasteiger charge is 2.34. The van der Waals surface area contributed by atoms with Crippen molar-refractivity contribution in [3.63, 3.8) is 0 Å². The summed E-state index contributed by atoms with van der Waals surface area (Å²) >= 11 is 1.16. The molecule has 15 heavy (non-hydrogen) atoms. The molecule has 1 aromatic rings. The van der Waals surface area contributed by atoms with Crippen molar-refractivity contribution in [2.45, 2.75) is 4.90 Å². The van der Waals surface area contributed by atoms with Crippen LogP contribution in [-0.4, -0.2) is 34.7 Å². The molecule has 0 saturated carbocycles. The number of hydrogen-bond acceptors (Lipinski definition) is 3. The van der Waals surface area contributed by atoms with Gasteiger partial charge in [0, 0.05) is 11.9 Å². The van der Waals surface area contributed by atoms with Gasteiger partial charge in [0.05, 0.1) is 0 Å². The molecular weight excluding hydrogens is 212 g/mol. The topological polar surface area (TPSA) is 40.6 Å². The number of amides is 3. The van der Waals surface area contributed by atoms with E-state index in [4.69, 9.17) is 0 Å². The standard InChI is InChI=1S/C10H10N2O2S/c1-11-7-9(13)12(10(11)14)15-8-5-3-2-4-6-8/h2-6H,7H2,1H3. The summed E-state index contributed by atoms with van der Waals surface area (Å²) in [5, 5.41) is 0. The van der Waals surface area contributed by atoms with E-state index < -0.39 is 0 Å². The van der Waals surface area contributed by atoms with Gasteiger partial charge in [0.15, 0.2) is 0 Å². The minimum Gasteiger partial charge on any atom is -0.317 e. The van der Waals surface area contributed by atoms with Crippen molar-refractivity contribution in [1.82, 2.24) is 9.21 Å². The summed E-state index contributed by atoms with van der Waals surface area (Å²) in [4.78, 5) is 25.3. The van der Waals surface area contributed by atoms with E-state index in [1.54, 1.807) is 7.05 Å². The van der Waals surface area contributed by atoms with E-state index in [-0.39, 0.29) is 18.5 Å². The molecule has 1 aliphatic rings. The summed E-state index contributed by atoms with van der Waals surface area (Å²) in [6, 6.07) is 9.11. The SMILES string of the molecule is CN1CC(=O)N(Sc2ccccc2)C1=O. The third kappa shape index (κ3) is 1.97. The van der Waals surface area contributed by atoms with Gasteiger partial charge in [0.2, 0.25) is 0 Å². The second-order valence-electron chi connectivity index (χ2n) is 3.23. The number of benzene rings is 1. The Kier molecular flexibility index (Phi) is 2.64. The summed E-state index contributed by atoms with van der Waals surface area (Å²) in [5.74, 6) is -0.170. The van der Waals surface area contributed by atoms with E-state index in [9.17, 15) is 9.59 Å². The quantitative estimate of drug-likeness (QED) is 0.563. The van der Waals surface area contributed by atoms with Crippen LogP contribution in [0.1, 0.15) is 0 Å². The predicted molar refractivity (Wildman–Crippen MR) is 57.2 cm³/mol. The molecule has 0 N–H and O–H groups in total. The number of carbonyl (C=O) groups is 2. The zero-order valence-electron chi connectivity index (χ0n) is 8.21. The number of rotatable bonds is 2. The molecule has 1 saturated heterocycles. The van der Waals surface area contributed by atoms with Crippen molar-refractivity contribution in [2.24, 2.45) is 0 Å². The molecule has 3 amide bonds. The summed E-state index contributed by atoms with van der Waals surface area (Å²) in [7, 11) is 1.62. The van der Waals surface area contributed by atoms with Gasteiger partial charge in [-0.15, -0.1) is 0 Å². The van der Waals surface area contributed by atoms with E-state index in [1.165, 1.54) is 9.21 Å². The zero-order chi connectivity index (χ0) is 10.8. The molecular formula is C10H10N2O2S. The third-order valence-corrected chi connectivity index (χ3v) is 3.06. The van der Waals surface area contributed by atoms with Gasteiger partial charge in [-0.05, 0) is 24.1 Å². The van der Waals surface area contributed by atoms with Crippen LogP contribution in [0.15, 0.2) is 35.2 Å². The lowest BCUT2D eigenvalue weighted by atomic mass is 10.4. The Balaban J connectivity index is 2.13. The van der Waals surface area contributed by atoms with Crippen LogP contribution in [0.2, 0.25) is 0 Å². The minimum atomic E-state index is -0.256. The first-order valence-electron chi connectivity index (χ1n) is 4.49. The second kappa shape index (κ2) is 3.94. The van der Waals surface area contributed by atoms with Gasteiger partial charge in [0.1, 0.15) is 6.54 Å². The van der Waals surface area contributed by atoms with Gasteiger partial charge in [-0.1, -0.05) is 18.2 Å². The van der Waals surface area contributed by atoms with Crippen LogP contribution in [0, 0.1) is 0 Å². The fourth-order valence-electron chi connectivity index (χ4n) is 1.27. The van der Waals surface area contributed by atoms with Crippen molar-refractivity contribution >= 4 is 23.9 Å². The Morgan fingerprint density at radius 3 is 2.40 bits per heavy atom. The van der Waals surface area contributed by atoms with Crippen LogP contribution < -0.4 is 0 Å². The molecule has 0 unspecified atom stereocenters. The van der Waals surface area contributed by atoms with Crippen molar-refractivity contribution in [3.8, 4) is 0 Å². The molecule has 1 aromatic carbocycles. The van der Waals surface area contributed by atoms with Crippen LogP contribution in [0.4, 0.5) is 4.79 Å². The maximum Gasteiger partial charge on any atom is 0.337 e. The minimum absolute atomic E-state index is 0.165. The first-order valence-corrected chi connectivity index (χ1v) is 5.27. The zero-order valence-corrected chi connectivity index (χ0v) is 9.03. The maximum absolute atomic E-state index is 11.5. The van der Waals surface area contributed by atoms with Gasteiger partial charge in [0.25, 0.3) is 5.91 Å². The Labute approximate surface area is 92.0 Å². The number of hydrogen-bond donors (Lipinski definition) is 0. The average molecular weight is 222 g/mol. The smallest absolute Gasteiger partial charge is 0.317 e. The van der Waals surface area contributed by atoms with Crippen LogP contribution in [-0.2, 0) is 4.79 Å². The number of carbonyl (C=O) groups excluding carboxylic acids is 2. The van der Waals surface area contributed by atoms with E-state index >= 15 is 0 Å². The molecule has 2 rings (SSSR count). The van der Waals surface area contributed by atoms with Crippen molar-refractivity contribution in [2.75, 3.05) is 13.6 Å². The third-order valence-electron chi connectivity index (χ3n) is 2.04. The van der Waals surface area contributed by atoms with Crippen molar-refractivity contribution in [1.29, 1.82) is 0 Å². The van der Waals surface area contributed by atoms with E-state index in [0.29, 0.717) is 0 Å². The van der Waals surface area contributed by atoms with Gasteiger partial charge < -0.3 is 4.90 Å². The lowest BCUT2D eigenvalue weighted by Gasteiger charge is -2.11. The Morgan fingerprint density at radius 2 is 1.87 bits per heavy atom. The predicted octanol–water partition coefficient (Wildman–Crippen LogP) is 1.59. The number of imide groups is 1. The Hall–Kier alpha value is -1.49. The first kappa shape index (κ1) is 10.0. The highest BCUT2D eigenvalue weighted by molar-refractivity contribution is 7.98. The van der Waals surface area contributed by atoms with Crippen LogP contribution in [0.5, 0.6) is 0 Å². The van der Waals surface area contributed by atoms with Crippen LogP contribution >= 0.6 is 11.9 Å². The monoisotopic (exact) mass is 222 g/mol. The molecule has 0 aliphatic carbocycles. The van der Waals surface area contributed by atoms with E-state index in [0.717, 1.165) is 16.8 Å². The summed E-state index contributed by atoms with van der Waals surface area (Å²) in [6.07, 6.45) is 0. The second-order valence-corrected chi connectivity index (χ2v) is 4.25. The van der Waals surface area contributed by atoms with Crippen LogP contribution in [0.25, 0.3) is 0 Å². The average Bonchev–Trinajstić information content (AvgIpc) is 2.47. The molecule has 1 fully saturated rings. The number of nitrogens with zero attached hydrogens (tertiary/aromatic N) is 2. The van der Waals surface area contributed by atoms with Gasteiger partial charge in [-0.2, -0.15) is 4.31 Å². The molecule has 0 bridgehead atoms. The maximum atomic E-state index is 11.5. The fraction of sp³-hybridized carbons (Fsp3) is 0.200. The number of likely N-dealkylation sites (N-methyl/N-ethyl adjacent to an activating group) is 1. The molecule has 1 heterocycles. The van der Waals surface area contributed by atoms with Gasteiger partial charge in [-0.25, -0.2) is 4.79 Å². The van der Waals surface area contributed by atoms with E-state index in [2.05, 4.69) is 0 Å². The molecule has 5 heteroatoms. The summed E-state index contributed by atoms with van der Waals surface area (Å²) in [5.41, 5.74) is 0. The molecule has 0 spiro atoms. The molecule has 0 aromatic heterocycles. The lowest BCUT2D eigenvalue weighted by Crippen LogP contribution is -2.25. The summed E-state index contributed by atoms with van der Waals surface area (Å²) < 4.78 is 1.19. The van der Waals surface area contributed by atoms with Crippen LogP contribution in [0.3, 0.4) is 0 Å². The molecule has 4 nitrogen and oxygen atoms in total. The molecule has 0 radical (unpaired) electrons.